The molecule has 1 saturated heterocycles. The zero-order chi connectivity index (χ0) is 47.4. The molecule has 5 heteroatoms. The van der Waals surface area contributed by atoms with Gasteiger partial charge in [-0.1, -0.05) is 135 Å². The number of aryl methyl sites for hydroxylation is 5. The van der Waals surface area contributed by atoms with Crippen LogP contribution in [0.1, 0.15) is 170 Å². The fraction of sp³-hybridized carbons (Fsp3) is 0.517. The largest absolute Gasteiger partial charge is 0.323 e. The molecule has 0 atom stereocenters. The van der Waals surface area contributed by atoms with Gasteiger partial charge >= 0.3 is 0 Å². The van der Waals surface area contributed by atoms with Crippen molar-refractivity contribution in [3.8, 4) is 12.1 Å². The van der Waals surface area contributed by atoms with Gasteiger partial charge in [0.1, 0.15) is 0 Å². The Balaban J connectivity index is 0.000000966. The quantitative estimate of drug-likeness (QED) is 0.137. The highest BCUT2D eigenvalue weighted by molar-refractivity contribution is 6.31. The maximum Gasteiger partial charge on any atom is 0.0992 e. The van der Waals surface area contributed by atoms with Gasteiger partial charge in [0, 0.05) is 5.02 Å². The van der Waals surface area contributed by atoms with E-state index < -0.39 is 0 Å². The summed E-state index contributed by atoms with van der Waals surface area (Å²) < 4.78 is 0. The van der Waals surface area contributed by atoms with Gasteiger partial charge in [0.15, 0.2) is 0 Å². The third-order valence-electron chi connectivity index (χ3n) is 11.0. The van der Waals surface area contributed by atoms with E-state index in [-0.39, 0.29) is 0 Å². The number of nitrogens with one attached hydrogen (secondary N) is 1. The number of benzene rings is 3. The molecule has 346 valence electrons. The van der Waals surface area contributed by atoms with E-state index in [4.69, 9.17) is 22.1 Å². The van der Waals surface area contributed by atoms with Gasteiger partial charge < -0.3 is 10.2 Å². The predicted octanol–water partition coefficient (Wildman–Crippen LogP) is 16.0. The minimum atomic E-state index is 0.542. The minimum absolute atomic E-state index is 0.542. The van der Waals surface area contributed by atoms with Gasteiger partial charge in [-0.25, -0.2) is 0 Å². The Morgan fingerprint density at radius 3 is 2.00 bits per heavy atom. The van der Waals surface area contributed by atoms with Crippen molar-refractivity contribution < 1.29 is 0 Å². The molecule has 0 aromatic heterocycles. The Morgan fingerprint density at radius 2 is 1.46 bits per heavy atom. The Morgan fingerprint density at radius 1 is 0.841 bits per heavy atom. The molecule has 0 radical (unpaired) electrons. The third-order valence-corrected chi connectivity index (χ3v) is 11.3. The molecule has 63 heavy (non-hydrogen) atoms. The first kappa shape index (κ1) is 58.8. The Hall–Kier alpha value is -4.19. The first-order valence-corrected chi connectivity index (χ1v) is 24.7. The molecule has 0 amide bonds. The summed E-state index contributed by atoms with van der Waals surface area (Å²) in [4.78, 5) is 2.67. The second kappa shape index (κ2) is 37.2. The first-order valence-electron chi connectivity index (χ1n) is 24.3. The van der Waals surface area contributed by atoms with Crippen molar-refractivity contribution in [2.45, 2.75) is 159 Å². The Bertz CT molecular complexity index is 1830. The maximum absolute atomic E-state index is 9.07. The fourth-order valence-corrected chi connectivity index (χ4v) is 7.72. The number of nitriles is 2. The van der Waals surface area contributed by atoms with Crippen LogP contribution in [0.15, 0.2) is 91.6 Å². The zero-order valence-electron chi connectivity index (χ0n) is 41.9. The lowest BCUT2D eigenvalue weighted by Crippen LogP contribution is -2.33. The monoisotopic (exact) mass is 875 g/mol. The fourth-order valence-electron chi connectivity index (χ4n) is 7.40. The number of unbranched alkanes of at least 4 members (excludes halogenated alkanes) is 2. The van der Waals surface area contributed by atoms with Crippen LogP contribution in [-0.2, 0) is 32.1 Å². The molecule has 0 bridgehead atoms. The van der Waals surface area contributed by atoms with Crippen LogP contribution in [0.4, 0.5) is 0 Å². The van der Waals surface area contributed by atoms with Gasteiger partial charge in [-0.3, -0.25) is 0 Å². The number of hydrogen-bond donors (Lipinski definition) is 1. The molecule has 0 spiro atoms. The van der Waals surface area contributed by atoms with Crippen LogP contribution in [0.5, 0.6) is 0 Å². The summed E-state index contributed by atoms with van der Waals surface area (Å²) in [5.41, 5.74) is 12.8. The Kier molecular flexibility index (Phi) is 34.7. The normalized spacial score (nSPS) is 14.7. The molecule has 3 aromatic rings. The lowest BCUT2D eigenvalue weighted by atomic mass is 9.88. The van der Waals surface area contributed by atoms with Crippen LogP contribution < -0.4 is 5.32 Å². The van der Waals surface area contributed by atoms with Gasteiger partial charge in [0.05, 0.1) is 23.3 Å². The Labute approximate surface area is 393 Å². The highest BCUT2D eigenvalue weighted by atomic mass is 35.5. The summed E-state index contributed by atoms with van der Waals surface area (Å²) in [6, 6.07) is 20.7. The second-order valence-corrected chi connectivity index (χ2v) is 16.8. The number of allylic oxidation sites excluding steroid dienone is 6. The van der Waals surface area contributed by atoms with Gasteiger partial charge in [-0.2, -0.15) is 10.5 Å². The molecular weight excluding hydrogens is 788 g/mol. The molecule has 1 fully saturated rings. The number of hydrogen-bond acceptors (Lipinski definition) is 4. The number of halogens is 1. The topological polar surface area (TPSA) is 62.9 Å². The molecule has 2 aliphatic rings. The summed E-state index contributed by atoms with van der Waals surface area (Å²) in [6.45, 7) is 31.1. The van der Waals surface area contributed by atoms with Gasteiger partial charge in [0.2, 0.25) is 0 Å². The number of nitrogens with zero attached hydrogens (tertiary/aromatic N) is 3. The molecule has 1 heterocycles. The zero-order valence-corrected chi connectivity index (χ0v) is 42.6. The van der Waals surface area contributed by atoms with E-state index in [1.807, 2.05) is 46.2 Å². The SMILES string of the molecule is C=C1CCC/C=C\C=C/1c1cccc(CCCCN2CCC(C)CC2)c1C.C=CCCC.CC.CCC.CCc1cc(CCc2cc(C#N)cc(C#N)c2)c(CC)cc1Cl.CNC. The van der Waals surface area contributed by atoms with Crippen molar-refractivity contribution in [1.82, 2.24) is 10.2 Å². The average Bonchev–Trinajstić information content (AvgIpc) is 3.29. The standard InChI is InChI=1S/C26H37N.C20H19ClN2.C5H10.C3H8.C2H7N.C2H6/c1-21-16-19-27(20-17-21)18-9-8-12-24-13-10-15-26(23(24)3)25-14-7-5-4-6-11-22(25)2;1-3-17-11-20(21)18(4-2)10-19(17)6-5-14-7-15(12-22)9-16(8-14)13-23;1-3-5-4-2;2*1-3-2;1-2/h5,7,10,13-15,21H,2,4,6,8-9,11-12,16-20H2,1,3H3;7-11H,3-6H2,1-2H3;3H,1,4-5H2,2H3;3H2,1-2H3;3H,1-2H3;1-2H3/b7-5-,25-14+;;;;;. The van der Waals surface area contributed by atoms with E-state index in [9.17, 15) is 0 Å². The highest BCUT2D eigenvalue weighted by Crippen LogP contribution is 2.31. The highest BCUT2D eigenvalue weighted by Gasteiger charge is 2.16. The first-order chi connectivity index (χ1) is 30.5. The van der Waals surface area contributed by atoms with Crippen LogP contribution in [0, 0.1) is 35.5 Å². The van der Waals surface area contributed by atoms with Crippen LogP contribution in [0.3, 0.4) is 0 Å². The average molecular weight is 876 g/mol. The van der Waals surface area contributed by atoms with Crippen LogP contribution in [0.2, 0.25) is 5.02 Å². The van der Waals surface area contributed by atoms with E-state index in [1.54, 1.807) is 6.07 Å². The van der Waals surface area contributed by atoms with Crippen molar-refractivity contribution in [3.63, 3.8) is 0 Å². The van der Waals surface area contributed by atoms with E-state index in [0.29, 0.717) is 11.1 Å². The lowest BCUT2D eigenvalue weighted by molar-refractivity contribution is 0.189. The molecule has 0 saturated carbocycles. The molecule has 1 aliphatic heterocycles. The summed E-state index contributed by atoms with van der Waals surface area (Å²) in [5.74, 6) is 0.929. The summed E-state index contributed by atoms with van der Waals surface area (Å²) >= 11 is 6.30. The lowest BCUT2D eigenvalue weighted by Gasteiger charge is -2.30. The molecular formula is C58H87ClN4. The third kappa shape index (κ3) is 23.9. The molecule has 1 aliphatic carbocycles. The van der Waals surface area contributed by atoms with Crippen LogP contribution >= 0.6 is 11.6 Å². The number of rotatable bonds is 13. The van der Waals surface area contributed by atoms with E-state index >= 15 is 0 Å². The maximum atomic E-state index is 9.07. The van der Waals surface area contributed by atoms with Crippen LogP contribution in [-0.4, -0.2) is 38.6 Å². The van der Waals surface area contributed by atoms with Gasteiger partial charge in [-0.05, 0) is 204 Å². The van der Waals surface area contributed by atoms with Crippen LogP contribution in [0.25, 0.3) is 5.57 Å². The van der Waals surface area contributed by atoms with Crippen molar-refractivity contribution in [3.05, 3.63) is 147 Å². The van der Waals surface area contributed by atoms with Crippen molar-refractivity contribution in [1.29, 1.82) is 10.5 Å². The van der Waals surface area contributed by atoms with Crippen molar-refractivity contribution >= 4 is 17.2 Å². The predicted molar refractivity (Wildman–Crippen MR) is 280 cm³/mol. The molecule has 0 unspecified atom stereocenters. The molecule has 4 nitrogen and oxygen atoms in total. The number of piperidine rings is 1. The smallest absolute Gasteiger partial charge is 0.0992 e. The second-order valence-electron chi connectivity index (χ2n) is 16.4. The molecule has 3 aromatic carbocycles. The minimum Gasteiger partial charge on any atom is -0.323 e. The van der Waals surface area contributed by atoms with Crippen molar-refractivity contribution in [2.24, 2.45) is 5.92 Å². The molecule has 1 N–H and O–H groups in total. The van der Waals surface area contributed by atoms with Crippen molar-refractivity contribution in [2.75, 3.05) is 33.7 Å². The van der Waals surface area contributed by atoms with E-state index in [2.05, 4.69) is 133 Å². The summed E-state index contributed by atoms with van der Waals surface area (Å²) in [5, 5.41) is 21.7. The summed E-state index contributed by atoms with van der Waals surface area (Å²) in [7, 11) is 3.75. The van der Waals surface area contributed by atoms with E-state index in [0.717, 1.165) is 61.4 Å². The molecule has 5 rings (SSSR count). The number of likely N-dealkylation sites (tertiary alicyclic amines) is 1. The van der Waals surface area contributed by atoms with Gasteiger partial charge in [0.25, 0.3) is 0 Å². The van der Waals surface area contributed by atoms with E-state index in [1.165, 1.54) is 116 Å². The summed E-state index contributed by atoms with van der Waals surface area (Å²) in [6.07, 6.45) is 25.9. The van der Waals surface area contributed by atoms with Gasteiger partial charge in [-0.15, -0.1) is 6.58 Å².